The molecule has 0 radical (unpaired) electrons. The molecule has 4 rings (SSSR count). The number of aliphatic hydroxyl groups is 1. The Morgan fingerprint density at radius 1 is 0.480 bits per heavy atom. The summed E-state index contributed by atoms with van der Waals surface area (Å²) in [4.78, 5) is 208. The van der Waals surface area contributed by atoms with Crippen LogP contribution in [0.1, 0.15) is 119 Å². The highest BCUT2D eigenvalue weighted by Crippen LogP contribution is 2.44. The fraction of sp³-hybridized carbons (Fsp3) is 0.531. The third kappa shape index (κ3) is 23.4. The van der Waals surface area contributed by atoms with Crippen molar-refractivity contribution in [1.82, 2.24) is 79.3 Å². The van der Waals surface area contributed by atoms with Crippen LogP contribution in [0.5, 0.6) is 0 Å². The van der Waals surface area contributed by atoms with Gasteiger partial charge < -0.3 is 93.9 Å². The summed E-state index contributed by atoms with van der Waals surface area (Å²) in [6.45, 7) is 17.7. The van der Waals surface area contributed by atoms with Crippen LogP contribution in [0.2, 0.25) is 0 Å². The molecule has 2 aliphatic rings. The van der Waals surface area contributed by atoms with Crippen LogP contribution >= 0.6 is 0 Å². The maximum Gasteiger partial charge on any atom is 0.407 e. The van der Waals surface area contributed by atoms with Crippen molar-refractivity contribution in [3.05, 3.63) is 72.3 Å². The second kappa shape index (κ2) is 37.7. The zero-order chi connectivity index (χ0) is 73.4. The van der Waals surface area contributed by atoms with E-state index in [0.29, 0.717) is 6.42 Å². The van der Waals surface area contributed by atoms with Crippen LogP contribution < -0.4 is 74.4 Å². The number of ether oxygens (including phenoxy) is 2. The minimum absolute atomic E-state index is 0.0138. The van der Waals surface area contributed by atoms with Crippen LogP contribution in [-0.2, 0) is 81.4 Å². The molecule has 14 atom stereocenters. The molecule has 0 bridgehead atoms. The van der Waals surface area contributed by atoms with Crippen LogP contribution in [0.15, 0.2) is 61.2 Å². The molecule has 2 aromatic rings. The van der Waals surface area contributed by atoms with Gasteiger partial charge in [0.2, 0.25) is 83.0 Å². The lowest BCUT2D eigenvalue weighted by atomic mass is 9.98. The molecule has 34 nitrogen and oxygen atoms in total. The van der Waals surface area contributed by atoms with Gasteiger partial charge in [0.1, 0.15) is 91.8 Å². The van der Waals surface area contributed by atoms with Crippen molar-refractivity contribution in [3.8, 4) is 11.1 Å². The SMILES string of the molecule is C=CCOC(=O)[C@H](CCC(=O)NC)NC(=O)[C@H](C)NC(=O)[C@H](C)NC(=O)C(C)NC(=O)[C@H](O)NC(=O)C(C)NC(=O)[C@@H]1CCCN1C(=O)[C@H](C)NC(=O)[C@H](C)NC(=O)[C@H](C)NC(=O)C(C)NC(=O)[C@H](C)NC(=O)C(C)NC(=O)[C@H](C)NC(=O)OCC1c2ccccc2-c2ccccc21. The van der Waals surface area contributed by atoms with Crippen LogP contribution in [0.4, 0.5) is 4.79 Å². The van der Waals surface area contributed by atoms with Crippen LogP contribution in [-0.4, -0.2) is 216 Å². The average Bonchev–Trinajstić information content (AvgIpc) is 1.62. The first-order valence-electron chi connectivity index (χ1n) is 31.8. The predicted octanol–water partition coefficient (Wildman–Crippen LogP) is -3.87. The number of carbonyl (C=O) groups excluding carboxylic acids is 16. The molecule has 34 heteroatoms. The van der Waals surface area contributed by atoms with Crippen molar-refractivity contribution in [2.45, 2.75) is 193 Å². The number of likely N-dealkylation sites (tertiary alicyclic amines) is 1. The van der Waals surface area contributed by atoms with E-state index in [-0.39, 0.29) is 44.9 Å². The second-order valence-corrected chi connectivity index (χ2v) is 23.8. The van der Waals surface area contributed by atoms with Crippen molar-refractivity contribution >= 4 is 94.8 Å². The molecule has 2 aromatic carbocycles. The monoisotopic (exact) mass is 1370 g/mol. The van der Waals surface area contributed by atoms with E-state index in [9.17, 15) is 81.8 Å². The molecule has 1 heterocycles. The summed E-state index contributed by atoms with van der Waals surface area (Å²) in [6, 6.07) is -0.736. The molecule has 15 N–H and O–H groups in total. The maximum absolute atomic E-state index is 13.6. The average molecular weight is 1370 g/mol. The Balaban J connectivity index is 1.14. The fourth-order valence-electron chi connectivity index (χ4n) is 9.91. The molecule has 1 aliphatic carbocycles. The van der Waals surface area contributed by atoms with E-state index in [1.165, 1.54) is 94.2 Å². The molecule has 98 heavy (non-hydrogen) atoms. The molecule has 0 spiro atoms. The van der Waals surface area contributed by atoms with Gasteiger partial charge in [0, 0.05) is 25.9 Å². The van der Waals surface area contributed by atoms with E-state index < -0.39 is 180 Å². The van der Waals surface area contributed by atoms with Crippen molar-refractivity contribution in [1.29, 1.82) is 0 Å². The molecule has 0 aromatic heterocycles. The van der Waals surface area contributed by atoms with Gasteiger partial charge in [0.05, 0.1) is 0 Å². The zero-order valence-electron chi connectivity index (χ0n) is 56.8. The third-order valence-electron chi connectivity index (χ3n) is 15.8. The number of aliphatic hydroxyl groups excluding tert-OH is 1. The number of hydrogen-bond acceptors (Lipinski definition) is 19. The normalized spacial score (nSPS) is 16.9. The smallest absolute Gasteiger partial charge is 0.407 e. The summed E-state index contributed by atoms with van der Waals surface area (Å²) >= 11 is 0. The summed E-state index contributed by atoms with van der Waals surface area (Å²) in [5, 5.41) is 43.7. The minimum Gasteiger partial charge on any atom is -0.460 e. The first-order chi connectivity index (χ1) is 46.1. The Labute approximate surface area is 566 Å². The van der Waals surface area contributed by atoms with Crippen molar-refractivity contribution < 1.29 is 91.3 Å². The highest BCUT2D eigenvalue weighted by Gasteiger charge is 2.39. The molecule has 1 saturated heterocycles. The third-order valence-corrected chi connectivity index (χ3v) is 15.8. The second-order valence-electron chi connectivity index (χ2n) is 23.8. The number of alkyl carbamates (subject to hydrolysis) is 1. The molecule has 4 unspecified atom stereocenters. The van der Waals surface area contributed by atoms with Crippen molar-refractivity contribution in [3.63, 3.8) is 0 Å². The summed E-state index contributed by atoms with van der Waals surface area (Å²) < 4.78 is 10.5. The molecular weight excluding hydrogens is 1280 g/mol. The number of benzene rings is 2. The lowest BCUT2D eigenvalue weighted by Gasteiger charge is -2.28. The Morgan fingerprint density at radius 3 is 1.24 bits per heavy atom. The first-order valence-corrected chi connectivity index (χ1v) is 31.8. The maximum atomic E-state index is 13.6. The predicted molar refractivity (Wildman–Crippen MR) is 349 cm³/mol. The van der Waals surface area contributed by atoms with Crippen LogP contribution in [0.3, 0.4) is 0 Å². The van der Waals surface area contributed by atoms with Crippen molar-refractivity contribution in [2.75, 3.05) is 26.8 Å². The minimum atomic E-state index is -2.26. The Hall–Kier alpha value is -10.5. The van der Waals surface area contributed by atoms with Gasteiger partial charge in [-0.2, -0.15) is 0 Å². The highest BCUT2D eigenvalue weighted by atomic mass is 16.5. The van der Waals surface area contributed by atoms with Crippen molar-refractivity contribution in [2.24, 2.45) is 0 Å². The summed E-state index contributed by atoms with van der Waals surface area (Å²) in [5.74, 6) is -12.7. The molecule has 0 saturated carbocycles. The molecule has 1 fully saturated rings. The number of nitrogens with one attached hydrogen (secondary N) is 14. The zero-order valence-corrected chi connectivity index (χ0v) is 56.8. The number of fused-ring (bicyclic) bond motifs is 3. The van der Waals surface area contributed by atoms with E-state index in [2.05, 4.69) is 75.7 Å². The lowest BCUT2D eigenvalue weighted by molar-refractivity contribution is -0.147. The van der Waals surface area contributed by atoms with Gasteiger partial charge in [0.25, 0.3) is 5.91 Å². The van der Waals surface area contributed by atoms with Crippen LogP contribution in [0, 0.1) is 0 Å². The largest absolute Gasteiger partial charge is 0.460 e. The Kier molecular flexibility index (Phi) is 30.7. The van der Waals surface area contributed by atoms with Gasteiger partial charge in [-0.05, 0) is 118 Å². The number of rotatable bonds is 34. The van der Waals surface area contributed by atoms with E-state index >= 15 is 0 Å². The number of carbonyl (C=O) groups is 16. The summed E-state index contributed by atoms with van der Waals surface area (Å²) in [5.41, 5.74) is 4.10. The number of esters is 1. The molecule has 15 amide bonds. The highest BCUT2D eigenvalue weighted by molar-refractivity contribution is 6.00. The standard InChI is InChI=1S/C64H91N15O19/c1-14-28-97-63(95)46(25-26-48(80)65-13)77-57(89)37(9)72-53(85)33(5)69-54(86)36(8)74-60(92)61(93)78-58(90)38(10)73-59(91)47-24-19-27-79(47)62(94)40(12)75-55(87)35(7)70-51(83)32(4)67-49(81)30(2)66-50(82)31(3)68-52(84)34(6)71-56(88)39(11)76-64(96)98-29-45-43-22-17-15-20-41(43)42-21-16-18-23-44(42)45/h14-18,20-23,30-40,45-47,61,93H,1,19,24-29H2,2-13H3,(H,65,80)(H,66,82)(H,67,81)(H,68,84)(H,69,86)(H,70,83)(H,71,88)(H,72,85)(H,73,91)(H,74,92)(H,75,87)(H,76,96)(H,77,89)(H,78,90)/t30?,31-,32-,33-,34?,35-,36?,37-,38?,39-,40-,46-,47-,61-/m0/s1. The Morgan fingerprint density at radius 2 is 0.837 bits per heavy atom. The topological polar surface area (TPSA) is 483 Å². The fourth-order valence-corrected chi connectivity index (χ4v) is 9.91. The molecular formula is C64H91N15O19. The molecule has 536 valence electrons. The van der Waals surface area contributed by atoms with Gasteiger partial charge in [-0.3, -0.25) is 67.1 Å². The van der Waals surface area contributed by atoms with Gasteiger partial charge in [-0.15, -0.1) is 0 Å². The van der Waals surface area contributed by atoms with E-state index in [4.69, 9.17) is 9.47 Å². The first kappa shape index (κ1) is 79.9. The lowest BCUT2D eigenvalue weighted by Crippen LogP contribution is -2.59. The molecule has 1 aliphatic heterocycles. The van der Waals surface area contributed by atoms with Gasteiger partial charge in [-0.1, -0.05) is 61.2 Å². The van der Waals surface area contributed by atoms with E-state index in [0.717, 1.165) is 22.3 Å². The number of hydrogen-bond donors (Lipinski definition) is 15. The quantitative estimate of drug-likeness (QED) is 0.0181. The van der Waals surface area contributed by atoms with Gasteiger partial charge in [0.15, 0.2) is 0 Å². The van der Waals surface area contributed by atoms with E-state index in [1.807, 2.05) is 53.8 Å². The van der Waals surface area contributed by atoms with Crippen LogP contribution in [0.25, 0.3) is 11.1 Å². The van der Waals surface area contributed by atoms with E-state index in [1.54, 1.807) is 0 Å². The summed E-state index contributed by atoms with van der Waals surface area (Å²) in [6.07, 6.45) is -1.57. The van der Waals surface area contributed by atoms with Gasteiger partial charge in [-0.25, -0.2) is 9.59 Å². The number of nitrogens with zero attached hydrogens (tertiary/aromatic N) is 1. The Bertz CT molecular complexity index is 3290. The number of amides is 15. The van der Waals surface area contributed by atoms with Gasteiger partial charge >= 0.3 is 12.1 Å². The summed E-state index contributed by atoms with van der Waals surface area (Å²) in [7, 11) is 1.39.